The van der Waals surface area contributed by atoms with E-state index in [1.54, 1.807) is 48.5 Å². The third-order valence-electron chi connectivity index (χ3n) is 6.78. The largest absolute Gasteiger partial charge is 0.454 e. The number of carbonyl (C=O) groups is 2. The van der Waals surface area contributed by atoms with Crippen LogP contribution in [0.15, 0.2) is 103 Å². The number of ether oxygens (including phenoxy) is 2. The van der Waals surface area contributed by atoms with E-state index in [2.05, 4.69) is 34.1 Å². The van der Waals surface area contributed by atoms with Gasteiger partial charge in [-0.1, -0.05) is 94.8 Å². The fraction of sp³-hybridized carbons (Fsp3) is 0.133. The summed E-state index contributed by atoms with van der Waals surface area (Å²) >= 11 is 4.04. The number of rotatable bonds is 4. The number of hydrogen-bond donors (Lipinski definition) is 0. The minimum atomic E-state index is -0.745. The minimum Gasteiger partial charge on any atom is -0.454 e. The lowest BCUT2D eigenvalue weighted by Crippen LogP contribution is -2.40. The van der Waals surface area contributed by atoms with Crippen LogP contribution >= 0.6 is 15.9 Å². The van der Waals surface area contributed by atoms with E-state index in [0.29, 0.717) is 17.5 Å². The van der Waals surface area contributed by atoms with Gasteiger partial charge in [0.1, 0.15) is 6.10 Å². The summed E-state index contributed by atoms with van der Waals surface area (Å²) in [4.78, 5) is 26.2. The molecule has 0 aliphatic heterocycles. The Balaban J connectivity index is 1.45. The molecule has 0 N–H and O–H groups in total. The number of benzene rings is 4. The Labute approximate surface area is 211 Å². The van der Waals surface area contributed by atoms with Gasteiger partial charge in [0.15, 0.2) is 6.10 Å². The molecular formula is C30H21BrO4. The molecule has 0 amide bonds. The fourth-order valence-electron chi connectivity index (χ4n) is 5.25. The smallest absolute Gasteiger partial charge is 0.338 e. The van der Waals surface area contributed by atoms with Crippen molar-refractivity contribution < 1.29 is 19.1 Å². The molecule has 5 heteroatoms. The third-order valence-corrected chi connectivity index (χ3v) is 7.92. The Morgan fingerprint density at radius 2 is 1.26 bits per heavy atom. The van der Waals surface area contributed by atoms with Crippen LogP contribution in [0.25, 0.3) is 11.1 Å². The number of alkyl halides is 1. The molecule has 0 heterocycles. The van der Waals surface area contributed by atoms with Crippen molar-refractivity contribution in [1.82, 2.24) is 0 Å². The quantitative estimate of drug-likeness (QED) is 0.217. The molecule has 3 atom stereocenters. The van der Waals surface area contributed by atoms with Crippen molar-refractivity contribution >= 4 is 27.9 Å². The van der Waals surface area contributed by atoms with Gasteiger partial charge < -0.3 is 9.47 Å². The second kappa shape index (κ2) is 8.51. The van der Waals surface area contributed by atoms with Crippen LogP contribution in [0.1, 0.15) is 49.9 Å². The molecule has 4 aromatic carbocycles. The molecule has 0 saturated heterocycles. The number of esters is 2. The van der Waals surface area contributed by atoms with Gasteiger partial charge in [0.2, 0.25) is 0 Å². The van der Waals surface area contributed by atoms with Crippen LogP contribution in [0.2, 0.25) is 0 Å². The predicted octanol–water partition coefficient (Wildman–Crippen LogP) is 6.83. The Morgan fingerprint density at radius 3 is 1.94 bits per heavy atom. The zero-order valence-electron chi connectivity index (χ0n) is 18.7. The molecule has 0 saturated carbocycles. The highest BCUT2D eigenvalue weighted by atomic mass is 79.9. The Bertz CT molecular complexity index is 1430. The van der Waals surface area contributed by atoms with Gasteiger partial charge in [0, 0.05) is 12.0 Å². The van der Waals surface area contributed by atoms with Crippen LogP contribution in [-0.4, -0.2) is 18.0 Å². The van der Waals surface area contributed by atoms with E-state index in [1.807, 2.05) is 36.4 Å². The maximum Gasteiger partial charge on any atom is 0.338 e. The summed E-state index contributed by atoms with van der Waals surface area (Å²) < 4.78 is 11.6. The van der Waals surface area contributed by atoms with Crippen LogP contribution in [0.4, 0.5) is 0 Å². The van der Waals surface area contributed by atoms with Crippen molar-refractivity contribution in [3.63, 3.8) is 0 Å². The summed E-state index contributed by atoms with van der Waals surface area (Å²) in [6.07, 6.45) is -1.01. The van der Waals surface area contributed by atoms with E-state index >= 15 is 0 Å². The van der Waals surface area contributed by atoms with Crippen molar-refractivity contribution in [2.24, 2.45) is 0 Å². The van der Waals surface area contributed by atoms with E-state index in [-0.39, 0.29) is 0 Å². The summed E-state index contributed by atoms with van der Waals surface area (Å²) in [7, 11) is 0. The molecule has 172 valence electrons. The number of hydrogen-bond acceptors (Lipinski definition) is 4. The first-order chi connectivity index (χ1) is 17.1. The molecule has 4 aromatic rings. The van der Waals surface area contributed by atoms with E-state index in [0.717, 1.165) is 27.8 Å². The van der Waals surface area contributed by atoms with Crippen molar-refractivity contribution in [2.75, 3.05) is 0 Å². The molecule has 0 bridgehead atoms. The minimum absolute atomic E-state index is 0.430. The molecule has 0 aromatic heterocycles. The van der Waals surface area contributed by atoms with Gasteiger partial charge in [-0.05, 0) is 46.5 Å². The van der Waals surface area contributed by atoms with Gasteiger partial charge in [0.25, 0.3) is 0 Å². The first kappa shape index (κ1) is 21.8. The highest BCUT2D eigenvalue weighted by Crippen LogP contribution is 2.61. The predicted molar refractivity (Wildman–Crippen MR) is 136 cm³/mol. The van der Waals surface area contributed by atoms with Crippen molar-refractivity contribution in [2.45, 2.75) is 23.0 Å². The summed E-state index contributed by atoms with van der Waals surface area (Å²) in [5.74, 6) is -0.898. The van der Waals surface area contributed by atoms with Gasteiger partial charge in [-0.25, -0.2) is 9.59 Å². The van der Waals surface area contributed by atoms with E-state index in [9.17, 15) is 9.59 Å². The monoisotopic (exact) mass is 524 g/mol. The van der Waals surface area contributed by atoms with Crippen LogP contribution < -0.4 is 0 Å². The SMILES string of the molecule is O=C(O[C@H]1C[C@@]2(Br)c3ccccc3-c3cccc(c32)[C@@H]1OC(=O)c1ccccc1)c1ccccc1. The van der Waals surface area contributed by atoms with Crippen LogP contribution in [-0.2, 0) is 13.8 Å². The van der Waals surface area contributed by atoms with Gasteiger partial charge in [0.05, 0.1) is 15.5 Å². The molecule has 6 rings (SSSR count). The van der Waals surface area contributed by atoms with Crippen molar-refractivity contribution in [3.05, 3.63) is 131 Å². The van der Waals surface area contributed by atoms with E-state index in [4.69, 9.17) is 9.47 Å². The maximum absolute atomic E-state index is 13.1. The first-order valence-corrected chi connectivity index (χ1v) is 12.3. The van der Waals surface area contributed by atoms with E-state index in [1.165, 1.54) is 0 Å². The zero-order chi connectivity index (χ0) is 24.0. The first-order valence-electron chi connectivity index (χ1n) is 11.5. The lowest BCUT2D eigenvalue weighted by atomic mass is 9.78. The molecule has 0 fully saturated rings. The molecular weight excluding hydrogens is 504 g/mol. The van der Waals surface area contributed by atoms with Crippen LogP contribution in [0.5, 0.6) is 0 Å². The number of carbonyl (C=O) groups excluding carboxylic acids is 2. The molecule has 0 unspecified atom stereocenters. The van der Waals surface area contributed by atoms with Crippen molar-refractivity contribution in [1.29, 1.82) is 0 Å². The Kier molecular flexibility index (Phi) is 5.30. The Morgan fingerprint density at radius 1 is 0.686 bits per heavy atom. The standard InChI is InChI=1S/C30H21BrO4/c31-30-18-25(34-28(32)19-10-3-1-4-11-19)27(35-29(33)20-12-5-2-6-13-20)23-16-9-15-22(26(23)30)21-14-7-8-17-24(21)30/h1-17,25,27H,18H2/t25-,27-,30+/m0/s1. The molecule has 2 aliphatic rings. The number of fused-ring (bicyclic) bond motifs is 3. The molecule has 4 nitrogen and oxygen atoms in total. The van der Waals surface area contributed by atoms with Gasteiger partial charge in [-0.15, -0.1) is 0 Å². The third kappa shape index (κ3) is 3.58. The fourth-order valence-corrected chi connectivity index (χ4v) is 6.36. The summed E-state index contributed by atoms with van der Waals surface area (Å²) in [6, 6.07) is 32.0. The summed E-state index contributed by atoms with van der Waals surface area (Å²) in [5.41, 5.74) is 6.17. The highest BCUT2D eigenvalue weighted by Gasteiger charge is 2.52. The average molecular weight is 525 g/mol. The lowest BCUT2D eigenvalue weighted by molar-refractivity contribution is -0.0465. The van der Waals surface area contributed by atoms with Crippen LogP contribution in [0.3, 0.4) is 0 Å². The van der Waals surface area contributed by atoms with Gasteiger partial charge in [-0.3, -0.25) is 0 Å². The highest BCUT2D eigenvalue weighted by molar-refractivity contribution is 9.09. The van der Waals surface area contributed by atoms with Gasteiger partial charge in [-0.2, -0.15) is 0 Å². The second-order valence-corrected chi connectivity index (χ2v) is 10.2. The topological polar surface area (TPSA) is 52.6 Å². The Hall–Kier alpha value is -3.70. The normalized spacial score (nSPS) is 21.5. The molecule has 2 aliphatic carbocycles. The summed E-state index contributed by atoms with van der Waals surface area (Å²) in [5, 5.41) is 0. The summed E-state index contributed by atoms with van der Waals surface area (Å²) in [6.45, 7) is 0. The lowest BCUT2D eigenvalue weighted by Gasteiger charge is -2.40. The zero-order valence-corrected chi connectivity index (χ0v) is 20.3. The molecule has 0 spiro atoms. The second-order valence-electron chi connectivity index (χ2n) is 8.82. The maximum atomic E-state index is 13.1. The van der Waals surface area contributed by atoms with Crippen molar-refractivity contribution in [3.8, 4) is 11.1 Å². The molecule has 35 heavy (non-hydrogen) atoms. The van der Waals surface area contributed by atoms with E-state index < -0.39 is 28.5 Å². The van der Waals surface area contributed by atoms with Crippen LogP contribution in [0, 0.1) is 0 Å². The average Bonchev–Trinajstić information content (AvgIpc) is 3.16. The number of halogens is 1. The van der Waals surface area contributed by atoms with Gasteiger partial charge >= 0.3 is 11.9 Å². The molecule has 0 radical (unpaired) electrons.